The quantitative estimate of drug-likeness (QED) is 0.380. The van der Waals surface area contributed by atoms with Gasteiger partial charge in [0.25, 0.3) is 5.92 Å². The molecule has 4 heterocycles. The average molecular weight is 530 g/mol. The van der Waals surface area contributed by atoms with Gasteiger partial charge in [-0.1, -0.05) is 6.92 Å². The number of thioether (sulfide) groups is 1. The van der Waals surface area contributed by atoms with Crippen molar-refractivity contribution in [2.45, 2.75) is 56.0 Å². The van der Waals surface area contributed by atoms with Gasteiger partial charge >= 0.3 is 5.97 Å². The van der Waals surface area contributed by atoms with Crippen LogP contribution in [0.25, 0.3) is 0 Å². The van der Waals surface area contributed by atoms with Gasteiger partial charge in [0.2, 0.25) is 17.7 Å². The highest BCUT2D eigenvalue weighted by atomic mass is 32.2. The summed E-state index contributed by atoms with van der Waals surface area (Å²) in [4.78, 5) is 54.8. The number of aliphatic carboxylic acids is 1. The van der Waals surface area contributed by atoms with Crippen LogP contribution in [0.5, 0.6) is 0 Å². The zero-order valence-electron chi connectivity index (χ0n) is 20.8. The molecule has 13 heteroatoms. The zero-order valence-corrected chi connectivity index (χ0v) is 21.6. The van der Waals surface area contributed by atoms with Crippen molar-refractivity contribution in [3.05, 3.63) is 10.6 Å². The summed E-state index contributed by atoms with van der Waals surface area (Å²) in [6.45, 7) is 3.60. The molecule has 0 aromatic carbocycles. The van der Waals surface area contributed by atoms with E-state index in [0.29, 0.717) is 17.9 Å². The number of carbonyl (C=O) groups excluding carboxylic acids is 3. The minimum atomic E-state index is -2.79. The number of amides is 3. The van der Waals surface area contributed by atoms with Gasteiger partial charge in [0.15, 0.2) is 0 Å². The molecule has 0 spiro atoms. The van der Waals surface area contributed by atoms with E-state index in [0.717, 1.165) is 0 Å². The van der Waals surface area contributed by atoms with Crippen LogP contribution < -0.4 is 10.6 Å². The molecule has 4 rings (SSSR count). The van der Waals surface area contributed by atoms with E-state index in [1.54, 1.807) is 21.0 Å². The highest BCUT2D eigenvalue weighted by molar-refractivity contribution is 8.03. The lowest BCUT2D eigenvalue weighted by Crippen LogP contribution is -2.66. The molecule has 3 fully saturated rings. The topological polar surface area (TPSA) is 122 Å². The third kappa shape index (κ3) is 4.97. The Labute approximate surface area is 212 Å². The maximum absolute atomic E-state index is 13.4. The minimum absolute atomic E-state index is 0.0198. The number of rotatable bonds is 8. The molecule has 0 aromatic heterocycles. The summed E-state index contributed by atoms with van der Waals surface area (Å²) in [6, 6.07) is -1.32. The summed E-state index contributed by atoms with van der Waals surface area (Å²) in [6.07, 6.45) is 0.269. The van der Waals surface area contributed by atoms with Crippen molar-refractivity contribution in [2.24, 2.45) is 11.8 Å². The summed E-state index contributed by atoms with van der Waals surface area (Å²) < 4.78 is 26.8. The van der Waals surface area contributed by atoms with E-state index in [9.17, 15) is 33.1 Å². The van der Waals surface area contributed by atoms with Crippen LogP contribution in [0.3, 0.4) is 0 Å². The summed E-state index contributed by atoms with van der Waals surface area (Å²) in [5, 5.41) is 15.9. The molecule has 10 nitrogen and oxygen atoms in total. The Morgan fingerprint density at radius 1 is 1.33 bits per heavy atom. The number of hydrogen-bond donors (Lipinski definition) is 3. The van der Waals surface area contributed by atoms with Crippen LogP contribution in [0.1, 0.15) is 26.7 Å². The highest BCUT2D eigenvalue weighted by Gasteiger charge is 2.60. The van der Waals surface area contributed by atoms with Gasteiger partial charge in [0.1, 0.15) is 5.70 Å². The number of halogens is 2. The molecular formula is C23H33F2N5O5S. The number of likely N-dealkylation sites (N-methyl/N-ethyl adjacent to an activating group) is 1. The molecule has 0 saturated carbocycles. The number of carbonyl (C=O) groups is 4. The number of carboxylic acids is 1. The molecule has 1 unspecified atom stereocenters. The van der Waals surface area contributed by atoms with Gasteiger partial charge in [-0.05, 0) is 13.3 Å². The van der Waals surface area contributed by atoms with Crippen molar-refractivity contribution in [3.8, 4) is 0 Å². The number of fused-ring (bicyclic) bond motifs is 1. The van der Waals surface area contributed by atoms with Crippen molar-refractivity contribution in [1.29, 1.82) is 0 Å². The van der Waals surface area contributed by atoms with Crippen LogP contribution in [-0.4, -0.2) is 113 Å². The number of likely N-dealkylation sites (tertiary alicyclic amines) is 1. The van der Waals surface area contributed by atoms with E-state index in [2.05, 4.69) is 10.6 Å². The van der Waals surface area contributed by atoms with Gasteiger partial charge in [-0.2, -0.15) is 0 Å². The van der Waals surface area contributed by atoms with Gasteiger partial charge in [-0.25, -0.2) is 13.6 Å². The smallest absolute Gasteiger partial charge is 0.353 e. The van der Waals surface area contributed by atoms with Crippen molar-refractivity contribution in [2.75, 3.05) is 40.3 Å². The molecule has 4 aliphatic rings. The Morgan fingerprint density at radius 2 is 2.03 bits per heavy atom. The van der Waals surface area contributed by atoms with Crippen molar-refractivity contribution >= 4 is 35.5 Å². The highest BCUT2D eigenvalue weighted by Crippen LogP contribution is 2.51. The monoisotopic (exact) mass is 529 g/mol. The maximum Gasteiger partial charge on any atom is 0.353 e. The van der Waals surface area contributed by atoms with Crippen molar-refractivity contribution < 1.29 is 33.1 Å². The molecule has 4 aliphatic heterocycles. The SMILES string of the molecule is C[C@@H](NC(=O)CN1CCC(F)(F)C1)[C@H]1C(=O)N2C(C(=O)O)=C(S[C@@H]3CNC(C(=O)N(C)C)C3)[C@H](C)[C@H]12. The standard InChI is InChI=1S/C23H33F2N5O5S/c1-11-17-16(12(2)27-15(31)9-29-6-5-23(24,25)10-29)21(33)30(17)18(22(34)35)19(11)36-13-7-14(26-8-13)20(32)28(3)4/h11-14,16-17,26H,5-10H2,1-4H3,(H,27,31)(H,34,35)/t11-,12-,13+,14?,16-,17-/m1/s1. The second kappa shape index (κ2) is 9.90. The van der Waals surface area contributed by atoms with Crippen molar-refractivity contribution in [1.82, 2.24) is 25.3 Å². The molecule has 0 aliphatic carbocycles. The first kappa shape index (κ1) is 26.8. The molecule has 0 bridgehead atoms. The molecule has 3 N–H and O–H groups in total. The first-order valence-electron chi connectivity index (χ1n) is 12.1. The summed E-state index contributed by atoms with van der Waals surface area (Å²) >= 11 is 1.40. The molecule has 6 atom stereocenters. The van der Waals surface area contributed by atoms with Crippen LogP contribution in [0, 0.1) is 11.8 Å². The Bertz CT molecular complexity index is 992. The van der Waals surface area contributed by atoms with E-state index < -0.39 is 42.3 Å². The summed E-state index contributed by atoms with van der Waals surface area (Å²) in [5.74, 6) is -5.69. The third-order valence-electron chi connectivity index (χ3n) is 7.46. The van der Waals surface area contributed by atoms with Gasteiger partial charge in [-0.15, -0.1) is 11.8 Å². The van der Waals surface area contributed by atoms with Gasteiger partial charge in [0, 0.05) is 55.7 Å². The van der Waals surface area contributed by atoms with Crippen LogP contribution in [0.2, 0.25) is 0 Å². The molecule has 0 aromatic rings. The first-order chi connectivity index (χ1) is 16.8. The number of carboxylic acid groups (broad SMARTS) is 1. The zero-order chi connectivity index (χ0) is 26.5. The normalized spacial score (nSPS) is 32.3. The van der Waals surface area contributed by atoms with Gasteiger partial charge in [0.05, 0.1) is 31.1 Å². The Morgan fingerprint density at radius 3 is 2.61 bits per heavy atom. The number of nitrogens with one attached hydrogen (secondary N) is 2. The Kier molecular flexibility index (Phi) is 7.37. The fraction of sp³-hybridized carbons (Fsp3) is 0.739. The predicted octanol–water partition coefficient (Wildman–Crippen LogP) is 0.157. The Balaban J connectivity index is 1.40. The second-order valence-corrected chi connectivity index (χ2v) is 11.7. The summed E-state index contributed by atoms with van der Waals surface area (Å²) in [5.41, 5.74) is -0.0287. The van der Waals surface area contributed by atoms with Gasteiger partial charge < -0.3 is 25.5 Å². The van der Waals surface area contributed by atoms with Crippen molar-refractivity contribution in [3.63, 3.8) is 0 Å². The van der Waals surface area contributed by atoms with Crippen LogP contribution in [0.15, 0.2) is 10.6 Å². The predicted molar refractivity (Wildman–Crippen MR) is 128 cm³/mol. The molecule has 0 radical (unpaired) electrons. The molecule has 200 valence electrons. The van der Waals surface area contributed by atoms with Gasteiger partial charge in [-0.3, -0.25) is 19.3 Å². The number of alkyl halides is 2. The van der Waals surface area contributed by atoms with E-state index >= 15 is 0 Å². The number of nitrogens with zero attached hydrogens (tertiary/aromatic N) is 3. The van der Waals surface area contributed by atoms with E-state index in [-0.39, 0.29) is 54.2 Å². The van der Waals surface area contributed by atoms with Crippen LogP contribution in [-0.2, 0) is 19.2 Å². The molecule has 3 amide bonds. The van der Waals surface area contributed by atoms with Crippen LogP contribution >= 0.6 is 11.8 Å². The largest absolute Gasteiger partial charge is 0.477 e. The lowest BCUT2D eigenvalue weighted by Gasteiger charge is -2.47. The molecular weight excluding hydrogens is 496 g/mol. The fourth-order valence-corrected chi connectivity index (χ4v) is 7.18. The number of β-lactam (4-membered cyclic amide) rings is 1. The first-order valence-corrected chi connectivity index (χ1v) is 13.0. The Hall–Kier alpha value is -2.25. The lowest BCUT2D eigenvalue weighted by atomic mass is 9.78. The van der Waals surface area contributed by atoms with E-state index in [4.69, 9.17) is 0 Å². The fourth-order valence-electron chi connectivity index (χ4n) is 5.70. The average Bonchev–Trinajstić information content (AvgIpc) is 3.43. The third-order valence-corrected chi connectivity index (χ3v) is 8.97. The second-order valence-electron chi connectivity index (χ2n) is 10.4. The molecule has 3 saturated heterocycles. The van der Waals surface area contributed by atoms with E-state index in [1.807, 2.05) is 6.92 Å². The lowest BCUT2D eigenvalue weighted by molar-refractivity contribution is -0.158. The molecule has 36 heavy (non-hydrogen) atoms. The van der Waals surface area contributed by atoms with Crippen LogP contribution in [0.4, 0.5) is 8.78 Å². The van der Waals surface area contributed by atoms with E-state index in [1.165, 1.54) is 26.5 Å². The minimum Gasteiger partial charge on any atom is -0.477 e. The summed E-state index contributed by atoms with van der Waals surface area (Å²) in [7, 11) is 3.37. The maximum atomic E-state index is 13.4. The number of hydrogen-bond acceptors (Lipinski definition) is 7.